The molecule has 0 spiro atoms. The van der Waals surface area contributed by atoms with Gasteiger partial charge in [0.25, 0.3) is 0 Å². The number of aryl methyl sites for hydroxylation is 1. The molecule has 2 amide bonds. The Kier molecular flexibility index (Phi) is 12.9. The molecule has 14 heteroatoms. The van der Waals surface area contributed by atoms with E-state index in [2.05, 4.69) is 4.36 Å². The second-order valence-electron chi connectivity index (χ2n) is 16.1. The van der Waals surface area contributed by atoms with Gasteiger partial charge in [-0.15, -0.1) is 4.36 Å². The summed E-state index contributed by atoms with van der Waals surface area (Å²) in [5.41, 5.74) is 4.16. The van der Waals surface area contributed by atoms with E-state index >= 15 is 4.21 Å². The fourth-order valence-electron chi connectivity index (χ4n) is 8.00. The van der Waals surface area contributed by atoms with E-state index in [0.29, 0.717) is 32.2 Å². The normalized spacial score (nSPS) is 19.2. The van der Waals surface area contributed by atoms with Crippen LogP contribution < -0.4 is 4.74 Å². The summed E-state index contributed by atoms with van der Waals surface area (Å²) in [5.74, 6) is -3.93. The maximum atomic E-state index is 15.2. The molecular weight excluding hydrogens is 757 g/mol. The van der Waals surface area contributed by atoms with Gasteiger partial charge < -0.3 is 24.2 Å². The van der Waals surface area contributed by atoms with Gasteiger partial charge in [-0.05, 0) is 113 Å². The highest BCUT2D eigenvalue weighted by Crippen LogP contribution is 2.45. The lowest BCUT2D eigenvalue weighted by Crippen LogP contribution is -2.46. The molecule has 11 nitrogen and oxygen atoms in total. The summed E-state index contributed by atoms with van der Waals surface area (Å²) in [6.45, 7) is 7.74. The summed E-state index contributed by atoms with van der Waals surface area (Å²) >= 11 is 0. The molecule has 1 unspecified atom stereocenters. The van der Waals surface area contributed by atoms with Crippen molar-refractivity contribution in [2.75, 3.05) is 26.3 Å². The Morgan fingerprint density at radius 2 is 1.60 bits per heavy atom. The molecule has 6 rings (SSSR count). The minimum atomic E-state index is -3.89. The first kappa shape index (κ1) is 42.1. The lowest BCUT2D eigenvalue weighted by Gasteiger charge is -2.37. The number of carbonyl (C=O) groups is 3. The number of amides is 2. The van der Waals surface area contributed by atoms with Crippen LogP contribution in [0.2, 0.25) is 0 Å². The number of hydrogen-bond acceptors (Lipinski definition) is 7. The molecule has 1 heterocycles. The van der Waals surface area contributed by atoms with Crippen molar-refractivity contribution >= 4 is 28.1 Å². The molecule has 1 aliphatic heterocycles. The van der Waals surface area contributed by atoms with E-state index < -0.39 is 45.6 Å². The van der Waals surface area contributed by atoms with Crippen molar-refractivity contribution in [1.29, 1.82) is 0 Å². The number of carboxylic acid groups (broad SMARTS) is 1. The first-order valence-corrected chi connectivity index (χ1v) is 21.3. The first-order valence-electron chi connectivity index (χ1n) is 19.8. The predicted molar refractivity (Wildman–Crippen MR) is 212 cm³/mol. The molecule has 2 atom stereocenters. The van der Waals surface area contributed by atoms with Crippen LogP contribution in [0.4, 0.5) is 18.4 Å². The molecule has 0 radical (unpaired) electrons. The molecule has 308 valence electrons. The van der Waals surface area contributed by atoms with Gasteiger partial charge in [-0.1, -0.05) is 54.6 Å². The van der Waals surface area contributed by atoms with Crippen LogP contribution in [-0.2, 0) is 24.2 Å². The molecule has 1 saturated carbocycles. The predicted octanol–water partition coefficient (Wildman–Crippen LogP) is 9.60. The molecule has 0 bridgehead atoms. The minimum Gasteiger partial charge on any atom is -0.492 e. The smallest absolute Gasteiger partial charge is 0.443 e. The topological polar surface area (TPSA) is 135 Å². The van der Waals surface area contributed by atoms with Gasteiger partial charge in [0.1, 0.15) is 28.9 Å². The molecule has 2 aliphatic carbocycles. The average molecular weight is 810 g/mol. The number of rotatable bonds is 13. The van der Waals surface area contributed by atoms with Crippen molar-refractivity contribution in [2.24, 2.45) is 4.36 Å². The third-order valence-electron chi connectivity index (χ3n) is 10.8. The van der Waals surface area contributed by atoms with E-state index in [1.807, 2.05) is 55.5 Å². The Morgan fingerprint density at radius 3 is 2.23 bits per heavy atom. The Morgan fingerprint density at radius 1 is 0.947 bits per heavy atom. The number of halogens is 2. The maximum Gasteiger partial charge on any atom is 0.443 e. The summed E-state index contributed by atoms with van der Waals surface area (Å²) in [6, 6.07) is 19.3. The molecule has 3 aromatic carbocycles. The van der Waals surface area contributed by atoms with Gasteiger partial charge in [0.2, 0.25) is 5.92 Å². The van der Waals surface area contributed by atoms with Crippen molar-refractivity contribution in [3.8, 4) is 16.9 Å². The zero-order valence-corrected chi connectivity index (χ0v) is 33.9. The van der Waals surface area contributed by atoms with E-state index in [9.17, 15) is 28.3 Å². The molecule has 1 N–H and O–H groups in total. The lowest BCUT2D eigenvalue weighted by molar-refractivity contribution is -0.140. The highest BCUT2D eigenvalue weighted by molar-refractivity contribution is 7.91. The number of nitrogens with zero attached hydrogens (tertiary/aromatic N) is 3. The van der Waals surface area contributed by atoms with Gasteiger partial charge >= 0.3 is 18.2 Å². The number of fused-ring (bicyclic) bond motifs is 3. The molecule has 3 aliphatic rings. The summed E-state index contributed by atoms with van der Waals surface area (Å²) in [4.78, 5) is 40.8. The van der Waals surface area contributed by atoms with Gasteiger partial charge in [0, 0.05) is 37.9 Å². The van der Waals surface area contributed by atoms with Crippen LogP contribution in [0.15, 0.2) is 76.0 Å². The number of benzene rings is 3. The van der Waals surface area contributed by atoms with Crippen LogP contribution in [-0.4, -0.2) is 86.6 Å². The van der Waals surface area contributed by atoms with Crippen molar-refractivity contribution in [1.82, 2.24) is 9.21 Å². The third-order valence-corrected chi connectivity index (χ3v) is 13.2. The molecule has 2 fully saturated rings. The van der Waals surface area contributed by atoms with Crippen LogP contribution in [0.25, 0.3) is 11.1 Å². The summed E-state index contributed by atoms with van der Waals surface area (Å²) in [6.07, 6.45) is 0.666. The Hall–Kier alpha value is -4.56. The van der Waals surface area contributed by atoms with Crippen LogP contribution in [0, 0.1) is 6.92 Å². The Balaban J connectivity index is 1.17. The second-order valence-corrected chi connectivity index (χ2v) is 18.2. The van der Waals surface area contributed by atoms with Gasteiger partial charge in [-0.3, -0.25) is 4.79 Å². The van der Waals surface area contributed by atoms with Crippen molar-refractivity contribution in [2.45, 2.75) is 120 Å². The zero-order valence-electron chi connectivity index (χ0n) is 33.1. The SMILES string of the molecule is Cc1ccc(S(=O)(=NC(=O)OCC2c3ccccc3-c3ccccc32)N2CCC[C@H]2C(=O)O)c(OCCCCCN(C(=O)OC(C)(C)C)C2CCC(F)(F)CC2)c1. The summed E-state index contributed by atoms with van der Waals surface area (Å²) in [7, 11) is -3.89. The van der Waals surface area contributed by atoms with E-state index in [1.54, 1.807) is 43.9 Å². The van der Waals surface area contributed by atoms with Gasteiger partial charge in [-0.25, -0.2) is 22.6 Å². The summed E-state index contributed by atoms with van der Waals surface area (Å²) in [5, 5.41) is 10.1. The molecule has 0 aromatic heterocycles. The zero-order chi connectivity index (χ0) is 41.0. The molecule has 3 aromatic rings. The maximum absolute atomic E-state index is 15.2. The fraction of sp³-hybridized carbons (Fsp3) is 0.512. The van der Waals surface area contributed by atoms with E-state index in [0.717, 1.165) is 27.8 Å². The average Bonchev–Trinajstić information content (AvgIpc) is 3.78. The minimum absolute atomic E-state index is 0.0515. The summed E-state index contributed by atoms with van der Waals surface area (Å²) < 4.78 is 66.1. The molecule has 1 saturated heterocycles. The van der Waals surface area contributed by atoms with Crippen molar-refractivity contribution in [3.05, 3.63) is 83.4 Å². The Labute approximate surface area is 334 Å². The second kappa shape index (κ2) is 17.5. The number of alkyl halides is 2. The number of carbonyl (C=O) groups excluding carboxylic acids is 2. The highest BCUT2D eigenvalue weighted by Gasteiger charge is 2.41. The Bertz CT molecular complexity index is 2020. The van der Waals surface area contributed by atoms with Gasteiger partial charge in [0.15, 0.2) is 9.92 Å². The van der Waals surface area contributed by atoms with Gasteiger partial charge in [-0.2, -0.15) is 4.31 Å². The first-order chi connectivity index (χ1) is 27.1. The number of carboxylic acids is 1. The molecular formula is C43H53F2N3O8S. The van der Waals surface area contributed by atoms with Crippen LogP contribution in [0.1, 0.15) is 101 Å². The monoisotopic (exact) mass is 809 g/mol. The van der Waals surface area contributed by atoms with E-state index in [4.69, 9.17) is 14.2 Å². The number of ether oxygens (including phenoxy) is 3. The third kappa shape index (κ3) is 9.95. The standard InChI is InChI=1S/C43H53F2N3O8S/c1-29-18-19-38(37(27-29)54-26-11-5-10-24-47(41(52)56-42(2,3)4)30-20-22-43(44,45)23-21-30)57(53,48-25-12-17-36(48)39(49)50)46-40(51)55-28-35-33-15-8-6-13-31(33)32-14-7-9-16-34(32)35/h6-9,13-16,18-19,27,30,35-36H,5,10-12,17,20-26,28H2,1-4H3,(H,49,50)/t36-,57?/m0/s1. The highest BCUT2D eigenvalue weighted by atomic mass is 32.2. The lowest BCUT2D eigenvalue weighted by atomic mass is 9.91. The van der Waals surface area contributed by atoms with Crippen molar-refractivity contribution < 1.29 is 46.7 Å². The molecule has 57 heavy (non-hydrogen) atoms. The number of hydrogen-bond donors (Lipinski definition) is 1. The number of aliphatic carboxylic acids is 1. The van der Waals surface area contributed by atoms with Crippen LogP contribution in [0.5, 0.6) is 5.75 Å². The van der Waals surface area contributed by atoms with Gasteiger partial charge in [0.05, 0.1) is 6.61 Å². The van der Waals surface area contributed by atoms with Crippen LogP contribution in [0.3, 0.4) is 0 Å². The van der Waals surface area contributed by atoms with Crippen molar-refractivity contribution in [3.63, 3.8) is 0 Å². The fourth-order valence-corrected chi connectivity index (χ4v) is 10.3. The van der Waals surface area contributed by atoms with E-state index in [-0.39, 0.29) is 74.5 Å². The largest absolute Gasteiger partial charge is 0.492 e. The van der Waals surface area contributed by atoms with Crippen LogP contribution >= 0.6 is 0 Å². The quantitative estimate of drug-likeness (QED) is 0.169. The number of unbranched alkanes of at least 4 members (excludes halogenated alkanes) is 2. The van der Waals surface area contributed by atoms with E-state index in [1.165, 1.54) is 4.31 Å².